The Kier molecular flexibility index (Phi) is 7.39. The third-order valence-corrected chi connectivity index (χ3v) is 14.6. The van der Waals surface area contributed by atoms with Crippen molar-refractivity contribution in [2.45, 2.75) is 38.0 Å². The molecule has 0 saturated heterocycles. The van der Waals surface area contributed by atoms with Gasteiger partial charge in [0.15, 0.2) is 0 Å². The molecule has 0 amide bonds. The van der Waals surface area contributed by atoms with Crippen LogP contribution >= 0.6 is 0 Å². The average molecular weight is 742 g/mol. The zero-order valence-electron chi connectivity index (χ0n) is 29.6. The van der Waals surface area contributed by atoms with Gasteiger partial charge in [-0.05, 0) is 0 Å². The van der Waals surface area contributed by atoms with Crippen LogP contribution in [0.15, 0.2) is 164 Å². The van der Waals surface area contributed by atoms with E-state index in [0.717, 1.165) is 0 Å². The Hall–Kier alpha value is -5.46. The van der Waals surface area contributed by atoms with Gasteiger partial charge < -0.3 is 0 Å². The van der Waals surface area contributed by atoms with Gasteiger partial charge in [0.2, 0.25) is 0 Å². The van der Waals surface area contributed by atoms with Crippen molar-refractivity contribution in [1.29, 1.82) is 0 Å². The van der Waals surface area contributed by atoms with Crippen LogP contribution in [0, 0.1) is 0 Å². The second-order valence-electron chi connectivity index (χ2n) is 14.9. The van der Waals surface area contributed by atoms with Crippen molar-refractivity contribution in [3.63, 3.8) is 0 Å². The molecule has 1 fully saturated rings. The third-order valence-electron chi connectivity index (χ3n) is 12.0. The van der Waals surface area contributed by atoms with E-state index >= 15 is 0 Å². The molecule has 9 aromatic carbocycles. The normalized spacial score (nSPS) is 14.0. The number of fused-ring (bicyclic) bond motifs is 7. The fourth-order valence-electron chi connectivity index (χ4n) is 9.87. The first kappa shape index (κ1) is 31.1. The van der Waals surface area contributed by atoms with Gasteiger partial charge in [-0.1, -0.05) is 0 Å². The number of hydrogen-bond donors (Lipinski definition) is 0. The van der Waals surface area contributed by atoms with Crippen LogP contribution in [0.2, 0.25) is 0 Å². The molecule has 0 spiro atoms. The third kappa shape index (κ3) is 4.81. The summed E-state index contributed by atoms with van der Waals surface area (Å²) >= 11 is 0.158. The maximum atomic E-state index is 2.41. The van der Waals surface area contributed by atoms with Crippen molar-refractivity contribution in [3.05, 3.63) is 169 Å². The maximum absolute atomic E-state index is 2.41. The molecule has 0 atom stereocenters. The van der Waals surface area contributed by atoms with Gasteiger partial charge in [-0.25, -0.2) is 0 Å². The second kappa shape index (κ2) is 12.6. The van der Waals surface area contributed by atoms with Crippen LogP contribution in [0.1, 0.15) is 43.6 Å². The van der Waals surface area contributed by atoms with Crippen LogP contribution < -0.4 is 0 Å². The predicted molar refractivity (Wildman–Crippen MR) is 231 cm³/mol. The second-order valence-corrected chi connectivity index (χ2v) is 17.1. The molecule has 0 unspecified atom stereocenters. The first-order valence-corrected chi connectivity index (χ1v) is 20.9. The summed E-state index contributed by atoms with van der Waals surface area (Å²) in [6.07, 6.45) is 6.63. The first-order chi connectivity index (χ1) is 26.3. The fourth-order valence-corrected chi connectivity index (χ4v) is 12.5. The van der Waals surface area contributed by atoms with E-state index in [2.05, 4.69) is 164 Å². The fraction of sp³-hybridized carbons (Fsp3) is 0.115. The zero-order valence-corrected chi connectivity index (χ0v) is 31.3. The summed E-state index contributed by atoms with van der Waals surface area (Å²) in [4.78, 5) is 0. The molecule has 1 aliphatic carbocycles. The van der Waals surface area contributed by atoms with Crippen LogP contribution in [0.25, 0.3) is 95.8 Å². The number of rotatable bonds is 4. The molecule has 0 bridgehead atoms. The van der Waals surface area contributed by atoms with Crippen molar-refractivity contribution in [1.82, 2.24) is 0 Å². The number of hydrogen-bond acceptors (Lipinski definition) is 0. The number of benzene rings is 9. The van der Waals surface area contributed by atoms with Gasteiger partial charge in [-0.3, -0.25) is 0 Å². The molecule has 11 rings (SSSR count). The first-order valence-electron chi connectivity index (χ1n) is 19.2. The topological polar surface area (TPSA) is 0 Å². The Morgan fingerprint density at radius 3 is 1.42 bits per heavy atom. The Balaban J connectivity index is 1.22. The van der Waals surface area contributed by atoms with Crippen molar-refractivity contribution in [2.24, 2.45) is 0 Å². The Labute approximate surface area is 316 Å². The molecule has 0 radical (unpaired) electrons. The minimum absolute atomic E-state index is 0.158. The molecule has 1 aromatic heterocycles. The van der Waals surface area contributed by atoms with Crippen LogP contribution in [0.3, 0.4) is 0 Å². The van der Waals surface area contributed by atoms with E-state index in [1.165, 1.54) is 128 Å². The van der Waals surface area contributed by atoms with Crippen LogP contribution in [0.4, 0.5) is 0 Å². The van der Waals surface area contributed by atoms with E-state index in [4.69, 9.17) is 0 Å². The summed E-state index contributed by atoms with van der Waals surface area (Å²) in [5.41, 5.74) is 9.66. The van der Waals surface area contributed by atoms with Crippen LogP contribution in [-0.4, -0.2) is 14.5 Å². The van der Waals surface area contributed by atoms with E-state index < -0.39 is 0 Å². The molecule has 1 aliphatic rings. The van der Waals surface area contributed by atoms with Crippen LogP contribution in [0.5, 0.6) is 0 Å². The van der Waals surface area contributed by atoms with E-state index in [-0.39, 0.29) is 14.5 Å². The molecular formula is C52H38Se. The van der Waals surface area contributed by atoms with Gasteiger partial charge in [0, 0.05) is 0 Å². The standard InChI is InChI=1S/C52H38Se/c1-3-17-33(18-4-1)47-35-21-7-11-25-39(35)49(40-26-12-8-22-36(40)47)43-29-16-32-46-51(43)45-31-15-30-44(52(45)53-46)50-41-27-13-9-23-37(41)48(34-19-5-2-6-20-34)38-24-10-14-28-42(38)50/h2,5-16,19-33H,1,3-4,17-18H2. The minimum atomic E-state index is 0.158. The molecule has 1 saturated carbocycles. The SMILES string of the molecule is c1ccc(-c2c3ccccc3c(-c3cccc4c3[se]c3cccc(-c5c6ccccc6c(C6CCCCC6)c6ccccc56)c34)c3ccccc23)cc1. The van der Waals surface area contributed by atoms with Gasteiger partial charge in [-0.2, -0.15) is 0 Å². The molecule has 1 heterocycles. The molecule has 1 heteroatoms. The summed E-state index contributed by atoms with van der Waals surface area (Å²) in [6, 6.07) is 61.9. The monoisotopic (exact) mass is 742 g/mol. The van der Waals surface area contributed by atoms with Gasteiger partial charge in [0.1, 0.15) is 0 Å². The summed E-state index contributed by atoms with van der Waals surface area (Å²) < 4.78 is 2.98. The van der Waals surface area contributed by atoms with E-state index in [1.807, 2.05) is 0 Å². The van der Waals surface area contributed by atoms with Crippen molar-refractivity contribution in [2.75, 3.05) is 0 Å². The van der Waals surface area contributed by atoms with Crippen LogP contribution in [-0.2, 0) is 0 Å². The predicted octanol–water partition coefficient (Wildman–Crippen LogP) is 14.7. The molecule has 0 nitrogen and oxygen atoms in total. The van der Waals surface area contributed by atoms with Gasteiger partial charge in [-0.15, -0.1) is 0 Å². The van der Waals surface area contributed by atoms with E-state index in [1.54, 1.807) is 5.56 Å². The Bertz CT molecular complexity index is 2920. The Morgan fingerprint density at radius 1 is 0.358 bits per heavy atom. The molecule has 0 N–H and O–H groups in total. The molecule has 10 aromatic rings. The molecule has 252 valence electrons. The summed E-state index contributed by atoms with van der Waals surface area (Å²) in [6.45, 7) is 0. The van der Waals surface area contributed by atoms with Crippen molar-refractivity contribution < 1.29 is 0 Å². The van der Waals surface area contributed by atoms with E-state index in [9.17, 15) is 0 Å². The average Bonchev–Trinajstić information content (AvgIpc) is 3.62. The molecular weight excluding hydrogens is 704 g/mol. The van der Waals surface area contributed by atoms with E-state index in [0.29, 0.717) is 5.92 Å². The van der Waals surface area contributed by atoms with Crippen molar-refractivity contribution >= 4 is 76.9 Å². The van der Waals surface area contributed by atoms with Gasteiger partial charge in [0.05, 0.1) is 0 Å². The summed E-state index contributed by atoms with van der Waals surface area (Å²) in [5.74, 6) is 0.624. The summed E-state index contributed by atoms with van der Waals surface area (Å²) in [7, 11) is 0. The molecule has 0 aliphatic heterocycles. The zero-order chi connectivity index (χ0) is 34.9. The van der Waals surface area contributed by atoms with Gasteiger partial charge in [0.25, 0.3) is 0 Å². The van der Waals surface area contributed by atoms with Gasteiger partial charge >= 0.3 is 318 Å². The quantitative estimate of drug-likeness (QED) is 0.124. The molecule has 53 heavy (non-hydrogen) atoms. The Morgan fingerprint density at radius 2 is 0.811 bits per heavy atom. The summed E-state index contributed by atoms with van der Waals surface area (Å²) in [5, 5.41) is 13.8. The van der Waals surface area contributed by atoms with Crippen molar-refractivity contribution in [3.8, 4) is 33.4 Å².